The summed E-state index contributed by atoms with van der Waals surface area (Å²) in [6.45, 7) is 4.91. The van der Waals surface area contributed by atoms with Crippen LogP contribution in [0.2, 0.25) is 0 Å². The van der Waals surface area contributed by atoms with Crippen LogP contribution >= 0.6 is 0 Å². The van der Waals surface area contributed by atoms with Crippen LogP contribution in [0.3, 0.4) is 0 Å². The van der Waals surface area contributed by atoms with Gasteiger partial charge in [-0.2, -0.15) is 10.4 Å². The van der Waals surface area contributed by atoms with Gasteiger partial charge in [0, 0.05) is 96.1 Å². The third kappa shape index (κ3) is 6.67. The van der Waals surface area contributed by atoms with Gasteiger partial charge in [-0.1, -0.05) is 26.0 Å². The van der Waals surface area contributed by atoms with Gasteiger partial charge in [-0.25, -0.2) is 31.4 Å². The van der Waals surface area contributed by atoms with E-state index in [1.807, 2.05) is 38.1 Å². The second-order valence-corrected chi connectivity index (χ2v) is 14.8. The summed E-state index contributed by atoms with van der Waals surface area (Å²) in [4.78, 5) is 19.8. The van der Waals surface area contributed by atoms with Gasteiger partial charge in [-0.05, 0) is 42.2 Å². The summed E-state index contributed by atoms with van der Waals surface area (Å²) in [7, 11) is -0.581. The van der Waals surface area contributed by atoms with Crippen LogP contribution in [0.5, 0.6) is 0 Å². The molecule has 44 heavy (non-hydrogen) atoms. The van der Waals surface area contributed by atoms with Crippen LogP contribution < -0.4 is 4.90 Å². The molecule has 0 radical (unpaired) electrons. The predicted molar refractivity (Wildman–Crippen MR) is 164 cm³/mol. The summed E-state index contributed by atoms with van der Waals surface area (Å²) >= 11 is 0. The van der Waals surface area contributed by atoms with Crippen molar-refractivity contribution >= 4 is 21.2 Å². The molecule has 0 N–H and O–H groups in total. The van der Waals surface area contributed by atoms with Crippen LogP contribution in [0.4, 0.5) is 18.9 Å². The van der Waals surface area contributed by atoms with E-state index < -0.39 is 52.1 Å². The topological polar surface area (TPSA) is 104 Å². The molecule has 0 bridgehead atoms. The smallest absolute Gasteiger partial charge is 0.248 e. The van der Waals surface area contributed by atoms with Gasteiger partial charge in [0.15, 0.2) is 11.6 Å². The van der Waals surface area contributed by atoms with Gasteiger partial charge in [0.2, 0.25) is 5.92 Å². The van der Waals surface area contributed by atoms with Crippen molar-refractivity contribution in [2.45, 2.75) is 51.4 Å². The molecule has 3 atom stereocenters. The average molecular weight is 627 g/mol. The standard InChI is InChI=1S/C32H37F3N6O2S/c1-21(2)23(19-36)17-29(42)25-10-11-32(34,35)18-26(25)30-27(20-41(39-30)31-28(33)5-4-12-38-31)22-6-8-24(9-7-22)40-13-15-44(43,37-3)16-14-40/h4-9,12,20-21,23,25-26H,10-11,13-18H2,1-3H3/t23-,25-,26-/m1/s1. The molecule has 0 unspecified atom stereocenters. The first kappa shape index (κ1) is 31.7. The summed E-state index contributed by atoms with van der Waals surface area (Å²) in [5.41, 5.74) is 2.38. The average Bonchev–Trinajstić information content (AvgIpc) is 3.45. The fraction of sp³-hybridized carbons (Fsp3) is 0.500. The van der Waals surface area contributed by atoms with E-state index >= 15 is 0 Å². The zero-order chi connectivity index (χ0) is 31.6. The minimum Gasteiger partial charge on any atom is -0.370 e. The fourth-order valence-electron chi connectivity index (χ4n) is 6.16. The first-order valence-electron chi connectivity index (χ1n) is 14.9. The van der Waals surface area contributed by atoms with Crippen molar-refractivity contribution in [1.82, 2.24) is 14.8 Å². The Balaban J connectivity index is 1.54. The Bertz CT molecular complexity index is 1660. The number of hydrogen-bond donors (Lipinski definition) is 0. The highest BCUT2D eigenvalue weighted by Gasteiger charge is 2.46. The van der Waals surface area contributed by atoms with E-state index in [0.717, 1.165) is 5.69 Å². The van der Waals surface area contributed by atoms with Crippen LogP contribution in [0.25, 0.3) is 16.9 Å². The van der Waals surface area contributed by atoms with Crippen LogP contribution in [0.15, 0.2) is 53.2 Å². The number of carbonyl (C=O) groups is 1. The number of ketones is 1. The molecule has 1 aromatic carbocycles. The molecule has 3 aromatic rings. The zero-order valence-electron chi connectivity index (χ0n) is 25.1. The molecule has 234 valence electrons. The second kappa shape index (κ2) is 12.7. The Morgan fingerprint density at radius 3 is 2.52 bits per heavy atom. The number of alkyl halides is 2. The van der Waals surface area contributed by atoms with Crippen molar-refractivity contribution < 1.29 is 22.2 Å². The molecule has 2 aromatic heterocycles. The van der Waals surface area contributed by atoms with E-state index in [2.05, 4.69) is 25.4 Å². The van der Waals surface area contributed by atoms with Gasteiger partial charge in [-0.3, -0.25) is 4.79 Å². The molecule has 1 saturated heterocycles. The number of hydrogen-bond acceptors (Lipinski definition) is 7. The third-order valence-corrected chi connectivity index (χ3v) is 11.2. The molecule has 1 saturated carbocycles. The lowest BCUT2D eigenvalue weighted by atomic mass is 9.71. The molecule has 2 fully saturated rings. The molecule has 0 amide bonds. The lowest BCUT2D eigenvalue weighted by molar-refractivity contribution is -0.129. The molecule has 0 spiro atoms. The zero-order valence-corrected chi connectivity index (χ0v) is 25.9. The summed E-state index contributed by atoms with van der Waals surface area (Å²) < 4.78 is 62.8. The van der Waals surface area contributed by atoms with Gasteiger partial charge in [0.1, 0.15) is 5.78 Å². The number of aromatic nitrogens is 3. The molecule has 1 aliphatic heterocycles. The first-order valence-corrected chi connectivity index (χ1v) is 16.8. The Kier molecular flexibility index (Phi) is 9.16. The molecule has 5 rings (SSSR count). The lowest BCUT2D eigenvalue weighted by Gasteiger charge is -2.35. The number of nitriles is 1. The molecular formula is C32H37F3N6O2S. The number of anilines is 1. The molecule has 8 nitrogen and oxygen atoms in total. The van der Waals surface area contributed by atoms with Crippen LogP contribution in [0.1, 0.15) is 51.1 Å². The van der Waals surface area contributed by atoms with Crippen LogP contribution in [0, 0.1) is 34.9 Å². The minimum absolute atomic E-state index is 0.0198. The predicted octanol–water partition coefficient (Wildman–Crippen LogP) is 6.27. The van der Waals surface area contributed by atoms with Crippen molar-refractivity contribution in [1.29, 1.82) is 5.26 Å². The number of carbonyl (C=O) groups excluding carboxylic acids is 1. The van der Waals surface area contributed by atoms with Crippen molar-refractivity contribution in [2.75, 3.05) is 36.5 Å². The molecular weight excluding hydrogens is 589 g/mol. The SMILES string of the molecule is CN=S1(=O)CCN(c2ccc(-c3cn(-c4ncccc4F)nc3[C@@H]3CC(F)(F)CC[C@H]3C(=O)C[C@H](C#N)C(C)C)cc2)CC1. The van der Waals surface area contributed by atoms with Gasteiger partial charge in [-0.15, -0.1) is 0 Å². The summed E-state index contributed by atoms with van der Waals surface area (Å²) in [6.07, 6.45) is 1.95. The Morgan fingerprint density at radius 2 is 1.91 bits per heavy atom. The van der Waals surface area contributed by atoms with E-state index in [0.29, 0.717) is 35.7 Å². The minimum atomic E-state index is -3.01. The summed E-state index contributed by atoms with van der Waals surface area (Å²) in [6, 6.07) is 12.4. The Labute approximate surface area is 256 Å². The first-order chi connectivity index (χ1) is 20.9. The van der Waals surface area contributed by atoms with E-state index in [1.54, 1.807) is 13.2 Å². The second-order valence-electron chi connectivity index (χ2n) is 12.0. The number of halogens is 3. The maximum Gasteiger partial charge on any atom is 0.248 e. The maximum absolute atomic E-state index is 15.0. The Hall–Kier alpha value is -3.72. The van der Waals surface area contributed by atoms with Gasteiger partial charge < -0.3 is 4.90 Å². The van der Waals surface area contributed by atoms with Crippen molar-refractivity contribution in [2.24, 2.45) is 22.1 Å². The number of Topliss-reactive ketones (excluding diaryl/α,β-unsaturated/α-hetero) is 1. The highest BCUT2D eigenvalue weighted by atomic mass is 32.2. The fourth-order valence-corrected chi connectivity index (χ4v) is 7.74. The van der Waals surface area contributed by atoms with Gasteiger partial charge >= 0.3 is 0 Å². The lowest BCUT2D eigenvalue weighted by Crippen LogP contribution is -2.40. The van der Waals surface area contributed by atoms with Crippen molar-refractivity contribution in [3.8, 4) is 23.0 Å². The highest BCUT2D eigenvalue weighted by molar-refractivity contribution is 7.93. The quantitative estimate of drug-likeness (QED) is 0.292. The highest BCUT2D eigenvalue weighted by Crippen LogP contribution is 2.48. The number of pyridine rings is 1. The normalized spacial score (nSPS) is 21.9. The van der Waals surface area contributed by atoms with E-state index in [1.165, 1.54) is 23.0 Å². The Morgan fingerprint density at radius 1 is 1.20 bits per heavy atom. The summed E-state index contributed by atoms with van der Waals surface area (Å²) in [5.74, 6) is -5.26. The largest absolute Gasteiger partial charge is 0.370 e. The van der Waals surface area contributed by atoms with Gasteiger partial charge in [0.05, 0.1) is 17.7 Å². The van der Waals surface area contributed by atoms with Crippen LogP contribution in [-0.4, -0.2) is 62.3 Å². The summed E-state index contributed by atoms with van der Waals surface area (Å²) in [5, 5.41) is 14.2. The monoisotopic (exact) mass is 626 g/mol. The molecule has 1 aliphatic carbocycles. The van der Waals surface area contributed by atoms with Gasteiger partial charge in [0.25, 0.3) is 0 Å². The molecule has 3 heterocycles. The van der Waals surface area contributed by atoms with E-state index in [4.69, 9.17) is 0 Å². The number of nitrogens with zero attached hydrogens (tertiary/aromatic N) is 6. The molecule has 2 aliphatic rings. The number of rotatable bonds is 8. The number of benzene rings is 1. The van der Waals surface area contributed by atoms with Crippen LogP contribution in [-0.2, 0) is 14.5 Å². The third-order valence-electron chi connectivity index (χ3n) is 8.92. The van der Waals surface area contributed by atoms with Crippen molar-refractivity contribution in [3.05, 3.63) is 60.3 Å². The van der Waals surface area contributed by atoms with E-state index in [-0.39, 0.29) is 36.1 Å². The molecule has 12 heteroatoms. The van der Waals surface area contributed by atoms with E-state index in [9.17, 15) is 27.4 Å². The maximum atomic E-state index is 15.0. The van der Waals surface area contributed by atoms with Crippen molar-refractivity contribution in [3.63, 3.8) is 0 Å².